The molecule has 5 aromatic rings. The van der Waals surface area contributed by atoms with Gasteiger partial charge in [-0.05, 0) is 35.9 Å². The van der Waals surface area contributed by atoms with E-state index in [0.717, 1.165) is 33.6 Å². The highest BCUT2D eigenvalue weighted by Crippen LogP contribution is 2.34. The van der Waals surface area contributed by atoms with E-state index in [0.29, 0.717) is 22.4 Å². The average molecular weight is 383 g/mol. The number of halogens is 2. The second-order valence-electron chi connectivity index (χ2n) is 7.18. The van der Waals surface area contributed by atoms with Crippen molar-refractivity contribution in [1.29, 1.82) is 0 Å². The molecule has 0 amide bonds. The highest BCUT2D eigenvalue weighted by Gasteiger charge is 2.37. The van der Waals surface area contributed by atoms with Gasteiger partial charge < -0.3 is 4.98 Å². The molecule has 0 radical (unpaired) electrons. The molecule has 0 unspecified atom stereocenters. The van der Waals surface area contributed by atoms with E-state index in [1.807, 2.05) is 53.2 Å². The summed E-state index contributed by atoms with van der Waals surface area (Å²) in [6.45, 7) is 0. The zero-order valence-corrected chi connectivity index (χ0v) is 15.0. The number of hydrogen-bond donors (Lipinski definition) is 1. The number of H-pyrrole nitrogens is 1. The van der Waals surface area contributed by atoms with Gasteiger partial charge in [-0.15, -0.1) is 0 Å². The Bertz CT molecular complexity index is 1500. The zero-order chi connectivity index (χ0) is 19.7. The minimum Gasteiger partial charge on any atom is -0.349 e. The van der Waals surface area contributed by atoms with Gasteiger partial charge in [0.25, 0.3) is 11.5 Å². The second kappa shape index (κ2) is 5.58. The summed E-state index contributed by atoms with van der Waals surface area (Å²) in [6.07, 6.45) is 1.89. The monoisotopic (exact) mass is 383 g/mol. The Morgan fingerprint density at radius 1 is 0.828 bits per heavy atom. The first-order valence-electron chi connectivity index (χ1n) is 9.21. The van der Waals surface area contributed by atoms with Crippen molar-refractivity contribution in [3.63, 3.8) is 0 Å². The lowest BCUT2D eigenvalue weighted by Gasteiger charge is -2.04. The lowest BCUT2D eigenvalue weighted by atomic mass is 10.0. The Kier molecular flexibility index (Phi) is 3.10. The number of benzene rings is 3. The number of carbonyl (C=O) groups is 1. The third kappa shape index (κ3) is 2.15. The number of ketones is 1. The first kappa shape index (κ1) is 16.1. The average Bonchev–Trinajstić information content (AvgIpc) is 3.23. The number of fused-ring (bicyclic) bond motifs is 7. The number of para-hydroxylation sites is 1. The van der Waals surface area contributed by atoms with E-state index >= 15 is 0 Å². The van der Waals surface area contributed by atoms with Crippen LogP contribution in [0.15, 0.2) is 72.9 Å². The molecule has 0 aliphatic carbocycles. The van der Waals surface area contributed by atoms with Crippen molar-refractivity contribution in [1.82, 2.24) is 4.98 Å². The van der Waals surface area contributed by atoms with Crippen LogP contribution in [-0.2, 0) is 0 Å². The molecule has 1 aliphatic rings. The molecule has 0 atom stereocenters. The largest absolute Gasteiger partial charge is 0.349 e. The van der Waals surface area contributed by atoms with Crippen molar-refractivity contribution < 1.29 is 18.1 Å². The summed E-state index contributed by atoms with van der Waals surface area (Å²) >= 11 is 0. The van der Waals surface area contributed by atoms with Crippen molar-refractivity contribution >= 4 is 27.6 Å². The summed E-state index contributed by atoms with van der Waals surface area (Å²) < 4.78 is 29.4. The molecule has 3 nitrogen and oxygen atoms in total. The second-order valence-corrected chi connectivity index (χ2v) is 7.18. The predicted molar refractivity (Wildman–Crippen MR) is 106 cm³/mol. The molecule has 0 spiro atoms. The Balaban J connectivity index is 1.62. The van der Waals surface area contributed by atoms with E-state index in [4.69, 9.17) is 0 Å². The van der Waals surface area contributed by atoms with Crippen LogP contribution < -0.4 is 4.57 Å². The van der Waals surface area contributed by atoms with E-state index < -0.39 is 11.6 Å². The van der Waals surface area contributed by atoms with Crippen LogP contribution >= 0.6 is 0 Å². The highest BCUT2D eigenvalue weighted by molar-refractivity contribution is 6.20. The Morgan fingerprint density at radius 3 is 2.55 bits per heavy atom. The fourth-order valence-electron chi connectivity index (χ4n) is 4.23. The fraction of sp³-hybridized carbons (Fsp3) is 0. The van der Waals surface area contributed by atoms with Crippen LogP contribution in [0.5, 0.6) is 0 Å². The number of nitrogens with one attached hydrogen (secondary N) is 1. The van der Waals surface area contributed by atoms with Crippen molar-refractivity contribution in [2.75, 3.05) is 0 Å². The number of aromatic nitrogens is 2. The summed E-state index contributed by atoms with van der Waals surface area (Å²) in [4.78, 5) is 16.4. The quantitative estimate of drug-likeness (QED) is 0.395. The molecule has 29 heavy (non-hydrogen) atoms. The summed E-state index contributed by atoms with van der Waals surface area (Å²) in [7, 11) is 0. The fourth-order valence-corrected chi connectivity index (χ4v) is 4.23. The van der Waals surface area contributed by atoms with Crippen LogP contribution in [0.3, 0.4) is 0 Å². The number of nitrogens with zero attached hydrogens (tertiary/aromatic N) is 1. The van der Waals surface area contributed by atoms with E-state index in [1.54, 1.807) is 6.07 Å². The van der Waals surface area contributed by atoms with E-state index in [2.05, 4.69) is 4.98 Å². The molecule has 6 rings (SSSR count). The van der Waals surface area contributed by atoms with Gasteiger partial charge in [0.05, 0.1) is 0 Å². The van der Waals surface area contributed by atoms with Crippen molar-refractivity contribution in [2.24, 2.45) is 0 Å². The lowest BCUT2D eigenvalue weighted by molar-refractivity contribution is -0.592. The molecule has 3 heterocycles. The van der Waals surface area contributed by atoms with Crippen LogP contribution in [0, 0.1) is 11.6 Å². The van der Waals surface area contributed by atoms with Crippen molar-refractivity contribution in [3.8, 4) is 16.8 Å². The summed E-state index contributed by atoms with van der Waals surface area (Å²) in [5.74, 6) is -1.24. The Morgan fingerprint density at radius 2 is 1.69 bits per heavy atom. The van der Waals surface area contributed by atoms with Gasteiger partial charge in [-0.1, -0.05) is 18.2 Å². The van der Waals surface area contributed by atoms with Gasteiger partial charge >= 0.3 is 0 Å². The van der Waals surface area contributed by atoms with Gasteiger partial charge in [0.2, 0.25) is 5.69 Å². The Labute approximate surface area is 163 Å². The maximum absolute atomic E-state index is 14.3. The van der Waals surface area contributed by atoms with Gasteiger partial charge in [0, 0.05) is 40.1 Å². The number of pyridine rings is 1. The lowest BCUT2D eigenvalue weighted by Crippen LogP contribution is -2.31. The zero-order valence-electron chi connectivity index (χ0n) is 15.0. The predicted octanol–water partition coefficient (Wildman–Crippen LogP) is 5.09. The van der Waals surface area contributed by atoms with Crippen LogP contribution in [0.1, 0.15) is 16.1 Å². The van der Waals surface area contributed by atoms with Gasteiger partial charge in [0.15, 0.2) is 6.20 Å². The van der Waals surface area contributed by atoms with E-state index in [9.17, 15) is 13.6 Å². The smallest absolute Gasteiger partial charge is 0.284 e. The molecule has 0 fully saturated rings. The molecule has 1 aliphatic heterocycles. The molecule has 5 heteroatoms. The molecular weight excluding hydrogens is 370 g/mol. The van der Waals surface area contributed by atoms with Crippen LogP contribution in [0.4, 0.5) is 8.78 Å². The van der Waals surface area contributed by atoms with E-state index in [1.165, 1.54) is 12.1 Å². The summed E-state index contributed by atoms with van der Waals surface area (Å²) in [5, 5.41) is 1.77. The molecule has 2 aromatic heterocycles. The first-order chi connectivity index (χ1) is 14.1. The third-order valence-electron chi connectivity index (χ3n) is 5.57. The first-order valence-corrected chi connectivity index (χ1v) is 9.21. The normalized spacial score (nSPS) is 12.6. The number of rotatable bonds is 1. The minimum absolute atomic E-state index is 0.0254. The van der Waals surface area contributed by atoms with Crippen molar-refractivity contribution in [2.45, 2.75) is 0 Å². The van der Waals surface area contributed by atoms with Crippen LogP contribution in [0.2, 0.25) is 0 Å². The summed E-state index contributed by atoms with van der Waals surface area (Å²) in [6, 6.07) is 18.6. The van der Waals surface area contributed by atoms with Crippen molar-refractivity contribution in [3.05, 3.63) is 95.8 Å². The van der Waals surface area contributed by atoms with E-state index in [-0.39, 0.29) is 5.78 Å². The molecule has 3 aromatic carbocycles. The molecular formula is C24H13F2N2O+. The molecule has 138 valence electrons. The highest BCUT2D eigenvalue weighted by atomic mass is 19.1. The number of aromatic amines is 1. The van der Waals surface area contributed by atoms with Crippen LogP contribution in [-0.4, -0.2) is 10.8 Å². The summed E-state index contributed by atoms with van der Waals surface area (Å²) in [5.41, 5.74) is 4.72. The SMILES string of the molecule is O=C1c2ccccc2-[n+]2ccc3c([nH]c4ccc(-c5ccc(F)cc5F)cc43)c21. The third-order valence-corrected chi connectivity index (χ3v) is 5.57. The van der Waals surface area contributed by atoms with Gasteiger partial charge in [-0.3, -0.25) is 4.79 Å². The number of carbonyl (C=O) groups excluding carboxylic acids is 1. The van der Waals surface area contributed by atoms with Gasteiger partial charge in [-0.2, -0.15) is 4.57 Å². The standard InChI is InChI=1S/C24H12F2N2O/c25-14-6-7-15(19(26)12-14)13-5-8-20-18(11-13)16-9-10-28-21-4-2-1-3-17(21)24(29)23(28)22(16)27-20/h1-12H/p+1. The number of hydrogen-bond acceptors (Lipinski definition) is 1. The minimum atomic E-state index is -0.606. The molecule has 1 N–H and O–H groups in total. The van der Waals surface area contributed by atoms with Gasteiger partial charge in [-0.25, -0.2) is 8.78 Å². The Hall–Kier alpha value is -3.86. The topological polar surface area (TPSA) is 36.7 Å². The van der Waals surface area contributed by atoms with Gasteiger partial charge in [0.1, 0.15) is 22.7 Å². The molecule has 0 bridgehead atoms. The molecule has 0 saturated carbocycles. The maximum Gasteiger partial charge on any atom is 0.284 e. The molecule has 0 saturated heterocycles. The maximum atomic E-state index is 14.3. The van der Waals surface area contributed by atoms with Crippen LogP contribution in [0.25, 0.3) is 38.6 Å².